The molecule has 0 fully saturated rings. The molecule has 0 saturated carbocycles. The lowest BCUT2D eigenvalue weighted by Crippen LogP contribution is -2.28. The van der Waals surface area contributed by atoms with E-state index in [2.05, 4.69) is 29.4 Å². The first-order valence-electron chi connectivity index (χ1n) is 8.90. The molecule has 0 aliphatic heterocycles. The summed E-state index contributed by atoms with van der Waals surface area (Å²) in [7, 11) is 6.65. The zero-order valence-electron chi connectivity index (χ0n) is 16.5. The average molecular weight is 372 g/mol. The molecule has 0 atom stereocenters. The van der Waals surface area contributed by atoms with Crippen molar-refractivity contribution >= 4 is 5.91 Å². The maximum Gasteiger partial charge on any atom is 0.255 e. The fourth-order valence-electron chi connectivity index (χ4n) is 2.90. The summed E-state index contributed by atoms with van der Waals surface area (Å²) < 4.78 is 15.9. The lowest BCUT2D eigenvalue weighted by Gasteiger charge is -2.17. The van der Waals surface area contributed by atoms with Crippen LogP contribution < -0.4 is 19.5 Å². The van der Waals surface area contributed by atoms with Gasteiger partial charge in [-0.05, 0) is 37.7 Å². The summed E-state index contributed by atoms with van der Waals surface area (Å²) in [5.74, 6) is 1.11. The largest absolute Gasteiger partial charge is 0.493 e. The smallest absolute Gasteiger partial charge is 0.255 e. The Morgan fingerprint density at radius 1 is 0.963 bits per heavy atom. The molecule has 2 aromatic rings. The highest BCUT2D eigenvalue weighted by Gasteiger charge is 2.20. The standard InChI is InChI=1S/C21H28N2O4/c1-23(15-16-9-6-5-7-10-16)14-8-13-22-21(24)17-11-12-18(25-2)20(27-4)19(17)26-3/h5-7,9-12H,8,13-15H2,1-4H3,(H,22,24). The number of benzene rings is 2. The van der Waals surface area contributed by atoms with Crippen LogP contribution in [-0.2, 0) is 6.54 Å². The number of carbonyl (C=O) groups is 1. The Morgan fingerprint density at radius 2 is 1.67 bits per heavy atom. The van der Waals surface area contributed by atoms with E-state index in [1.807, 2.05) is 18.2 Å². The van der Waals surface area contributed by atoms with Crippen LogP contribution >= 0.6 is 0 Å². The van der Waals surface area contributed by atoms with Gasteiger partial charge >= 0.3 is 0 Å². The summed E-state index contributed by atoms with van der Waals surface area (Å²) in [6.07, 6.45) is 0.852. The maximum absolute atomic E-state index is 12.5. The van der Waals surface area contributed by atoms with Gasteiger partial charge in [-0.15, -0.1) is 0 Å². The second-order valence-corrected chi connectivity index (χ2v) is 6.21. The summed E-state index contributed by atoms with van der Waals surface area (Å²) >= 11 is 0. The molecule has 1 amide bonds. The van der Waals surface area contributed by atoms with Gasteiger partial charge in [-0.25, -0.2) is 0 Å². The number of hydrogen-bond acceptors (Lipinski definition) is 5. The Kier molecular flexibility index (Phi) is 7.95. The van der Waals surface area contributed by atoms with E-state index in [4.69, 9.17) is 14.2 Å². The summed E-state index contributed by atoms with van der Waals surface area (Å²) in [4.78, 5) is 14.8. The monoisotopic (exact) mass is 372 g/mol. The lowest BCUT2D eigenvalue weighted by atomic mass is 10.1. The van der Waals surface area contributed by atoms with Crippen LogP contribution in [0.3, 0.4) is 0 Å². The number of ether oxygens (including phenoxy) is 3. The third-order valence-electron chi connectivity index (χ3n) is 4.25. The van der Waals surface area contributed by atoms with Crippen LogP contribution in [-0.4, -0.2) is 52.3 Å². The molecule has 27 heavy (non-hydrogen) atoms. The molecule has 0 saturated heterocycles. The number of nitrogens with zero attached hydrogens (tertiary/aromatic N) is 1. The van der Waals surface area contributed by atoms with E-state index < -0.39 is 0 Å². The molecule has 146 valence electrons. The number of carbonyl (C=O) groups excluding carboxylic acids is 1. The SMILES string of the molecule is COc1ccc(C(=O)NCCCN(C)Cc2ccccc2)c(OC)c1OC. The van der Waals surface area contributed by atoms with Gasteiger partial charge in [-0.1, -0.05) is 30.3 Å². The zero-order valence-corrected chi connectivity index (χ0v) is 16.5. The molecular formula is C21H28N2O4. The number of hydrogen-bond donors (Lipinski definition) is 1. The Labute approximate surface area is 161 Å². The van der Waals surface area contributed by atoms with E-state index in [0.29, 0.717) is 29.4 Å². The van der Waals surface area contributed by atoms with Gasteiger partial charge in [0.2, 0.25) is 5.75 Å². The van der Waals surface area contributed by atoms with Crippen LogP contribution in [0, 0.1) is 0 Å². The minimum Gasteiger partial charge on any atom is -0.493 e. The second-order valence-electron chi connectivity index (χ2n) is 6.21. The molecule has 2 rings (SSSR count). The maximum atomic E-state index is 12.5. The molecule has 0 aliphatic rings. The first-order chi connectivity index (χ1) is 13.1. The highest BCUT2D eigenvalue weighted by atomic mass is 16.5. The first-order valence-corrected chi connectivity index (χ1v) is 8.90. The van der Waals surface area contributed by atoms with E-state index in [1.165, 1.54) is 19.8 Å². The van der Waals surface area contributed by atoms with Crippen LogP contribution in [0.4, 0.5) is 0 Å². The van der Waals surface area contributed by atoms with Crippen molar-refractivity contribution in [2.75, 3.05) is 41.5 Å². The molecule has 1 N–H and O–H groups in total. The van der Waals surface area contributed by atoms with Gasteiger partial charge in [0, 0.05) is 13.1 Å². The topological polar surface area (TPSA) is 60.0 Å². The van der Waals surface area contributed by atoms with Crippen molar-refractivity contribution in [3.8, 4) is 17.2 Å². The molecule has 0 heterocycles. The van der Waals surface area contributed by atoms with Gasteiger partial charge in [0.05, 0.1) is 26.9 Å². The molecule has 0 unspecified atom stereocenters. The van der Waals surface area contributed by atoms with Crippen LogP contribution in [0.1, 0.15) is 22.3 Å². The Bertz CT molecular complexity index is 734. The summed E-state index contributed by atoms with van der Waals surface area (Å²) in [5, 5.41) is 2.94. The molecule has 2 aromatic carbocycles. The number of amides is 1. The summed E-state index contributed by atoms with van der Waals surface area (Å²) in [6, 6.07) is 13.7. The van der Waals surface area contributed by atoms with Crippen molar-refractivity contribution in [2.45, 2.75) is 13.0 Å². The predicted octanol–water partition coefficient (Wildman–Crippen LogP) is 2.96. The fourth-order valence-corrected chi connectivity index (χ4v) is 2.90. The van der Waals surface area contributed by atoms with Crippen molar-refractivity contribution in [3.05, 3.63) is 53.6 Å². The highest BCUT2D eigenvalue weighted by molar-refractivity contribution is 5.98. The molecule has 0 aliphatic carbocycles. The van der Waals surface area contributed by atoms with Crippen molar-refractivity contribution in [1.82, 2.24) is 10.2 Å². The summed E-state index contributed by atoms with van der Waals surface area (Å²) in [5.41, 5.74) is 1.70. The zero-order chi connectivity index (χ0) is 19.6. The molecule has 0 radical (unpaired) electrons. The van der Waals surface area contributed by atoms with Gasteiger partial charge in [-0.3, -0.25) is 4.79 Å². The molecule has 0 spiro atoms. The predicted molar refractivity (Wildman–Crippen MR) is 106 cm³/mol. The number of methoxy groups -OCH3 is 3. The van der Waals surface area contributed by atoms with E-state index in [9.17, 15) is 4.79 Å². The molecular weight excluding hydrogens is 344 g/mol. The van der Waals surface area contributed by atoms with E-state index in [1.54, 1.807) is 19.2 Å². The lowest BCUT2D eigenvalue weighted by molar-refractivity contribution is 0.0948. The number of nitrogens with one attached hydrogen (secondary N) is 1. The molecule has 6 nitrogen and oxygen atoms in total. The highest BCUT2D eigenvalue weighted by Crippen LogP contribution is 2.39. The second kappa shape index (κ2) is 10.4. The molecule has 6 heteroatoms. The van der Waals surface area contributed by atoms with Gasteiger partial charge in [0.1, 0.15) is 0 Å². The average Bonchev–Trinajstić information content (AvgIpc) is 2.70. The van der Waals surface area contributed by atoms with Crippen molar-refractivity contribution < 1.29 is 19.0 Å². The van der Waals surface area contributed by atoms with Gasteiger partial charge in [-0.2, -0.15) is 0 Å². The minimum absolute atomic E-state index is 0.196. The van der Waals surface area contributed by atoms with E-state index >= 15 is 0 Å². The molecule has 0 aromatic heterocycles. The fraction of sp³-hybridized carbons (Fsp3) is 0.381. The Hall–Kier alpha value is -2.73. The minimum atomic E-state index is -0.196. The van der Waals surface area contributed by atoms with Gasteiger partial charge in [0.25, 0.3) is 5.91 Å². The Balaban J connectivity index is 1.87. The third-order valence-corrected chi connectivity index (χ3v) is 4.25. The van der Waals surface area contributed by atoms with Crippen molar-refractivity contribution in [1.29, 1.82) is 0 Å². The van der Waals surface area contributed by atoms with Crippen LogP contribution in [0.5, 0.6) is 17.2 Å². The van der Waals surface area contributed by atoms with Gasteiger partial charge < -0.3 is 24.4 Å². The quantitative estimate of drug-likeness (QED) is 0.650. The van der Waals surface area contributed by atoms with Crippen LogP contribution in [0.2, 0.25) is 0 Å². The normalized spacial score (nSPS) is 10.6. The van der Waals surface area contributed by atoms with Crippen LogP contribution in [0.15, 0.2) is 42.5 Å². The first kappa shape index (κ1) is 20.6. The third kappa shape index (κ3) is 5.62. The number of rotatable bonds is 10. The van der Waals surface area contributed by atoms with Crippen molar-refractivity contribution in [2.24, 2.45) is 0 Å². The Morgan fingerprint density at radius 3 is 2.30 bits per heavy atom. The van der Waals surface area contributed by atoms with E-state index in [-0.39, 0.29) is 5.91 Å². The van der Waals surface area contributed by atoms with E-state index in [0.717, 1.165) is 19.5 Å². The van der Waals surface area contributed by atoms with Crippen molar-refractivity contribution in [3.63, 3.8) is 0 Å². The van der Waals surface area contributed by atoms with Crippen LogP contribution in [0.25, 0.3) is 0 Å². The molecule has 0 bridgehead atoms. The summed E-state index contributed by atoms with van der Waals surface area (Å²) in [6.45, 7) is 2.35. The van der Waals surface area contributed by atoms with Gasteiger partial charge in [0.15, 0.2) is 11.5 Å².